The number of aromatic nitrogens is 3. The van der Waals surface area contributed by atoms with Crippen molar-refractivity contribution in [3.05, 3.63) is 164 Å². The van der Waals surface area contributed by atoms with Crippen LogP contribution in [0.25, 0.3) is 99.5 Å². The Morgan fingerprint density at radius 1 is 0.306 bits per heavy atom. The van der Waals surface area contributed by atoms with Crippen molar-refractivity contribution in [1.82, 2.24) is 15.0 Å². The second-order valence-electron chi connectivity index (χ2n) is 12.4. The maximum atomic E-state index is 6.24. The van der Waals surface area contributed by atoms with Crippen LogP contribution in [0.5, 0.6) is 0 Å². The van der Waals surface area contributed by atoms with Crippen molar-refractivity contribution < 1.29 is 4.42 Å². The van der Waals surface area contributed by atoms with Gasteiger partial charge in [0.15, 0.2) is 17.5 Å². The minimum atomic E-state index is 0.596. The molecule has 0 unspecified atom stereocenters. The second kappa shape index (κ2) is 11.0. The highest BCUT2D eigenvalue weighted by Gasteiger charge is 2.16. The van der Waals surface area contributed by atoms with Crippen molar-refractivity contribution in [1.29, 1.82) is 0 Å². The molecule has 0 saturated carbocycles. The zero-order valence-electron chi connectivity index (χ0n) is 26.3. The van der Waals surface area contributed by atoms with Crippen LogP contribution in [0.15, 0.2) is 168 Å². The number of benzene rings is 8. The quantitative estimate of drug-likeness (QED) is 0.183. The summed E-state index contributed by atoms with van der Waals surface area (Å²) in [7, 11) is 0. The first-order valence-electron chi connectivity index (χ1n) is 16.4. The van der Waals surface area contributed by atoms with Crippen LogP contribution >= 0.6 is 0 Å². The standard InChI is InChI=1S/C45H27N3O/c1-2-8-28(9-3-1)29-14-19-32(20-15-29)43-46-44(48-45(47-43)35-23-25-39-38-12-6-7-13-40(38)49-41(39)27-35)34-22-24-37-33(26-34)21-18-31-17-16-30-10-4-5-11-36(30)42(31)37/h1-27H. The van der Waals surface area contributed by atoms with Crippen molar-refractivity contribution in [2.24, 2.45) is 0 Å². The van der Waals surface area contributed by atoms with Gasteiger partial charge in [-0.05, 0) is 67.7 Å². The highest BCUT2D eigenvalue weighted by Crippen LogP contribution is 2.36. The first kappa shape index (κ1) is 27.5. The van der Waals surface area contributed by atoms with E-state index in [2.05, 4.69) is 133 Å². The van der Waals surface area contributed by atoms with Gasteiger partial charge in [0.25, 0.3) is 0 Å². The lowest BCUT2D eigenvalue weighted by Gasteiger charge is -2.11. The third-order valence-corrected chi connectivity index (χ3v) is 9.51. The van der Waals surface area contributed by atoms with Gasteiger partial charge in [0, 0.05) is 27.5 Å². The molecule has 0 aliphatic carbocycles. The average molecular weight is 626 g/mol. The Hall–Kier alpha value is -6.65. The van der Waals surface area contributed by atoms with Crippen LogP contribution < -0.4 is 0 Å². The van der Waals surface area contributed by atoms with Crippen LogP contribution in [0.2, 0.25) is 0 Å². The first-order valence-corrected chi connectivity index (χ1v) is 16.4. The molecule has 0 aliphatic heterocycles. The van der Waals surface area contributed by atoms with Crippen LogP contribution in [0.3, 0.4) is 0 Å². The minimum absolute atomic E-state index is 0.596. The van der Waals surface area contributed by atoms with Crippen molar-refractivity contribution in [3.8, 4) is 45.3 Å². The summed E-state index contributed by atoms with van der Waals surface area (Å²) in [6, 6.07) is 57.0. The molecule has 0 N–H and O–H groups in total. The summed E-state index contributed by atoms with van der Waals surface area (Å²) in [6.07, 6.45) is 0. The van der Waals surface area contributed by atoms with Crippen LogP contribution in [0.1, 0.15) is 0 Å². The molecular weight excluding hydrogens is 599 g/mol. The lowest BCUT2D eigenvalue weighted by atomic mass is 9.95. The molecule has 228 valence electrons. The van der Waals surface area contributed by atoms with Crippen LogP contribution in [0.4, 0.5) is 0 Å². The van der Waals surface area contributed by atoms with Gasteiger partial charge in [0.1, 0.15) is 11.2 Å². The minimum Gasteiger partial charge on any atom is -0.456 e. The van der Waals surface area contributed by atoms with E-state index in [-0.39, 0.29) is 0 Å². The van der Waals surface area contributed by atoms with E-state index >= 15 is 0 Å². The zero-order chi connectivity index (χ0) is 32.3. The number of fused-ring (bicyclic) bond motifs is 8. The van der Waals surface area contributed by atoms with Gasteiger partial charge in [-0.1, -0.05) is 140 Å². The largest absolute Gasteiger partial charge is 0.456 e. The number of hydrogen-bond donors (Lipinski definition) is 0. The van der Waals surface area contributed by atoms with E-state index in [1.165, 1.54) is 32.5 Å². The topological polar surface area (TPSA) is 51.8 Å². The summed E-state index contributed by atoms with van der Waals surface area (Å²) in [5.41, 5.74) is 6.71. The molecule has 0 radical (unpaired) electrons. The Morgan fingerprint density at radius 3 is 1.61 bits per heavy atom. The first-order chi connectivity index (χ1) is 24.2. The van der Waals surface area contributed by atoms with E-state index in [0.29, 0.717) is 17.5 Å². The molecule has 49 heavy (non-hydrogen) atoms. The zero-order valence-corrected chi connectivity index (χ0v) is 26.3. The van der Waals surface area contributed by atoms with E-state index in [1.54, 1.807) is 0 Å². The van der Waals surface area contributed by atoms with E-state index < -0.39 is 0 Å². The Balaban J connectivity index is 1.15. The maximum absolute atomic E-state index is 6.24. The molecule has 4 heteroatoms. The fraction of sp³-hybridized carbons (Fsp3) is 0. The lowest BCUT2D eigenvalue weighted by molar-refractivity contribution is 0.669. The molecule has 0 bridgehead atoms. The Bertz CT molecular complexity index is 2870. The van der Waals surface area contributed by atoms with Crippen molar-refractivity contribution >= 4 is 54.3 Å². The molecule has 8 aromatic carbocycles. The summed E-state index contributed by atoms with van der Waals surface area (Å²) in [5, 5.41) is 9.48. The summed E-state index contributed by atoms with van der Waals surface area (Å²) < 4.78 is 6.24. The van der Waals surface area contributed by atoms with E-state index in [1.807, 2.05) is 30.3 Å². The molecule has 0 atom stereocenters. The van der Waals surface area contributed by atoms with E-state index in [0.717, 1.165) is 49.6 Å². The van der Waals surface area contributed by atoms with Gasteiger partial charge < -0.3 is 4.42 Å². The smallest absolute Gasteiger partial charge is 0.164 e. The van der Waals surface area contributed by atoms with Gasteiger partial charge >= 0.3 is 0 Å². The summed E-state index contributed by atoms with van der Waals surface area (Å²) in [4.78, 5) is 15.2. The second-order valence-corrected chi connectivity index (χ2v) is 12.4. The molecule has 4 nitrogen and oxygen atoms in total. The van der Waals surface area contributed by atoms with Crippen molar-refractivity contribution in [3.63, 3.8) is 0 Å². The van der Waals surface area contributed by atoms with E-state index in [9.17, 15) is 0 Å². The maximum Gasteiger partial charge on any atom is 0.164 e. The van der Waals surface area contributed by atoms with Gasteiger partial charge in [-0.25, -0.2) is 15.0 Å². The molecule has 0 spiro atoms. The van der Waals surface area contributed by atoms with Gasteiger partial charge in [-0.2, -0.15) is 0 Å². The van der Waals surface area contributed by atoms with Gasteiger partial charge in [-0.15, -0.1) is 0 Å². The third-order valence-electron chi connectivity index (χ3n) is 9.51. The lowest BCUT2D eigenvalue weighted by Crippen LogP contribution is -2.00. The Morgan fingerprint density at radius 2 is 0.816 bits per heavy atom. The summed E-state index contributed by atoms with van der Waals surface area (Å²) in [5.74, 6) is 1.84. The summed E-state index contributed by atoms with van der Waals surface area (Å²) >= 11 is 0. The van der Waals surface area contributed by atoms with Crippen LogP contribution in [-0.4, -0.2) is 15.0 Å². The normalized spacial score (nSPS) is 11.7. The highest BCUT2D eigenvalue weighted by atomic mass is 16.3. The molecular formula is C45H27N3O. The number of hydrogen-bond acceptors (Lipinski definition) is 4. The molecule has 0 amide bonds. The molecule has 10 aromatic rings. The monoisotopic (exact) mass is 625 g/mol. The third kappa shape index (κ3) is 4.65. The SMILES string of the molecule is c1ccc(-c2ccc(-c3nc(-c4ccc5c(ccc6ccc7ccccc7c65)c4)nc(-c4ccc5c(c4)oc4ccccc45)n3)cc2)cc1. The number of para-hydroxylation sites is 1. The van der Waals surface area contributed by atoms with Crippen LogP contribution in [0, 0.1) is 0 Å². The molecule has 0 aliphatic rings. The molecule has 10 rings (SSSR count). The van der Waals surface area contributed by atoms with Gasteiger partial charge in [0.05, 0.1) is 0 Å². The summed E-state index contributed by atoms with van der Waals surface area (Å²) in [6.45, 7) is 0. The molecule has 0 saturated heterocycles. The molecule has 2 aromatic heterocycles. The molecule has 0 fully saturated rings. The highest BCUT2D eigenvalue weighted by molar-refractivity contribution is 6.20. The predicted molar refractivity (Wildman–Crippen MR) is 201 cm³/mol. The fourth-order valence-electron chi connectivity index (χ4n) is 7.05. The van der Waals surface area contributed by atoms with Crippen molar-refractivity contribution in [2.45, 2.75) is 0 Å². The number of rotatable bonds is 4. The number of furan rings is 1. The van der Waals surface area contributed by atoms with Gasteiger partial charge in [0.2, 0.25) is 0 Å². The Labute approximate surface area is 282 Å². The fourth-order valence-corrected chi connectivity index (χ4v) is 7.05. The van der Waals surface area contributed by atoms with Crippen molar-refractivity contribution in [2.75, 3.05) is 0 Å². The van der Waals surface area contributed by atoms with Gasteiger partial charge in [-0.3, -0.25) is 0 Å². The average Bonchev–Trinajstić information content (AvgIpc) is 3.55. The predicted octanol–water partition coefficient (Wildman–Crippen LogP) is 11.9. The van der Waals surface area contributed by atoms with E-state index in [4.69, 9.17) is 19.4 Å². The Kier molecular flexibility index (Phi) is 6.15. The van der Waals surface area contributed by atoms with Crippen LogP contribution in [-0.2, 0) is 0 Å². The molecule has 2 heterocycles. The number of nitrogens with zero attached hydrogens (tertiary/aromatic N) is 3.